The quantitative estimate of drug-likeness (QED) is 0.782. The number of esters is 1. The van der Waals surface area contributed by atoms with Crippen molar-refractivity contribution in [2.75, 3.05) is 13.7 Å². The van der Waals surface area contributed by atoms with E-state index in [-0.39, 0.29) is 5.56 Å². The Morgan fingerprint density at radius 1 is 0.960 bits per heavy atom. The van der Waals surface area contributed by atoms with Gasteiger partial charge in [0.05, 0.1) is 0 Å². The van der Waals surface area contributed by atoms with E-state index in [2.05, 4.69) is 5.32 Å². The van der Waals surface area contributed by atoms with E-state index in [0.717, 1.165) is 5.56 Å². The second-order valence-electron chi connectivity index (χ2n) is 4.97. The summed E-state index contributed by atoms with van der Waals surface area (Å²) in [7, 11) is 1.37. The fourth-order valence-corrected chi connectivity index (χ4v) is 1.93. The summed E-state index contributed by atoms with van der Waals surface area (Å²) >= 11 is 0. The van der Waals surface area contributed by atoms with Crippen LogP contribution in [0.2, 0.25) is 0 Å². The Kier molecular flexibility index (Phi) is 6.53. The van der Waals surface area contributed by atoms with Gasteiger partial charge in [0, 0.05) is 7.05 Å². The SMILES string of the molecule is CNC(=O)NC(=O)COC(=O)c1ccccc1OCc1ccccc1. The maximum Gasteiger partial charge on any atom is 0.342 e. The van der Waals surface area contributed by atoms with Gasteiger partial charge in [-0.3, -0.25) is 10.1 Å². The molecule has 0 aliphatic carbocycles. The van der Waals surface area contributed by atoms with Crippen LogP contribution in [0.25, 0.3) is 0 Å². The van der Waals surface area contributed by atoms with Crippen molar-refractivity contribution in [2.45, 2.75) is 6.61 Å². The van der Waals surface area contributed by atoms with Gasteiger partial charge in [0.1, 0.15) is 17.9 Å². The summed E-state index contributed by atoms with van der Waals surface area (Å²) in [5.74, 6) is -1.09. The molecule has 0 fully saturated rings. The van der Waals surface area contributed by atoms with Gasteiger partial charge in [-0.1, -0.05) is 42.5 Å². The highest BCUT2D eigenvalue weighted by atomic mass is 16.5. The lowest BCUT2D eigenvalue weighted by Crippen LogP contribution is -2.39. The van der Waals surface area contributed by atoms with Crippen molar-refractivity contribution >= 4 is 17.9 Å². The molecule has 0 aliphatic rings. The highest BCUT2D eigenvalue weighted by molar-refractivity contribution is 5.97. The summed E-state index contributed by atoms with van der Waals surface area (Å²) in [6, 6.07) is 15.4. The largest absolute Gasteiger partial charge is 0.488 e. The molecule has 0 unspecified atom stereocenters. The molecule has 0 aliphatic heterocycles. The van der Waals surface area contributed by atoms with Gasteiger partial charge in [-0.25, -0.2) is 9.59 Å². The summed E-state index contributed by atoms with van der Waals surface area (Å²) in [6.07, 6.45) is 0. The molecular weight excluding hydrogens is 324 g/mol. The molecule has 7 nitrogen and oxygen atoms in total. The van der Waals surface area contributed by atoms with Crippen LogP contribution in [0, 0.1) is 0 Å². The molecule has 25 heavy (non-hydrogen) atoms. The molecule has 0 saturated heterocycles. The minimum absolute atomic E-state index is 0.200. The number of benzene rings is 2. The molecule has 0 bridgehead atoms. The zero-order chi connectivity index (χ0) is 18.1. The molecule has 2 aromatic rings. The third-order valence-electron chi connectivity index (χ3n) is 3.16. The van der Waals surface area contributed by atoms with E-state index in [1.807, 2.05) is 35.6 Å². The van der Waals surface area contributed by atoms with E-state index >= 15 is 0 Å². The van der Waals surface area contributed by atoms with Gasteiger partial charge in [0.25, 0.3) is 5.91 Å². The molecule has 0 atom stereocenters. The number of ether oxygens (including phenoxy) is 2. The Balaban J connectivity index is 1.95. The molecule has 130 valence electrons. The summed E-state index contributed by atoms with van der Waals surface area (Å²) in [5.41, 5.74) is 1.15. The van der Waals surface area contributed by atoms with E-state index in [4.69, 9.17) is 9.47 Å². The number of urea groups is 1. The Morgan fingerprint density at radius 2 is 1.64 bits per heavy atom. The van der Waals surface area contributed by atoms with Crippen molar-refractivity contribution in [1.29, 1.82) is 0 Å². The molecular formula is C18H18N2O5. The van der Waals surface area contributed by atoms with Crippen LogP contribution in [0.5, 0.6) is 5.75 Å². The Labute approximate surface area is 144 Å². The van der Waals surface area contributed by atoms with E-state index in [9.17, 15) is 14.4 Å². The number of hydrogen-bond acceptors (Lipinski definition) is 5. The fourth-order valence-electron chi connectivity index (χ4n) is 1.93. The first-order valence-electron chi connectivity index (χ1n) is 7.54. The number of rotatable bonds is 6. The van der Waals surface area contributed by atoms with Gasteiger partial charge in [-0.05, 0) is 17.7 Å². The van der Waals surface area contributed by atoms with Gasteiger partial charge in [-0.2, -0.15) is 0 Å². The first-order chi connectivity index (χ1) is 12.1. The summed E-state index contributed by atoms with van der Waals surface area (Å²) in [5, 5.41) is 4.23. The number of hydrogen-bond donors (Lipinski definition) is 2. The third-order valence-corrected chi connectivity index (χ3v) is 3.16. The normalized spacial score (nSPS) is 9.80. The maximum absolute atomic E-state index is 12.2. The highest BCUT2D eigenvalue weighted by Crippen LogP contribution is 2.20. The highest BCUT2D eigenvalue weighted by Gasteiger charge is 2.16. The maximum atomic E-state index is 12.2. The number of carbonyl (C=O) groups is 3. The summed E-state index contributed by atoms with van der Waals surface area (Å²) < 4.78 is 10.6. The first kappa shape index (κ1) is 18.0. The van der Waals surface area contributed by atoms with Crippen LogP contribution in [0.15, 0.2) is 54.6 Å². The Bertz CT molecular complexity index is 746. The molecule has 0 spiro atoms. The number of amides is 3. The van der Waals surface area contributed by atoms with Gasteiger partial charge in [-0.15, -0.1) is 0 Å². The van der Waals surface area contributed by atoms with Crippen LogP contribution in [0.1, 0.15) is 15.9 Å². The molecule has 0 heterocycles. The van der Waals surface area contributed by atoms with Crippen LogP contribution in [0.3, 0.4) is 0 Å². The summed E-state index contributed by atoms with van der Waals surface area (Å²) in [4.78, 5) is 34.6. The lowest BCUT2D eigenvalue weighted by atomic mass is 10.2. The second kappa shape index (κ2) is 9.07. The van der Waals surface area contributed by atoms with Crippen LogP contribution in [-0.2, 0) is 16.1 Å². The van der Waals surface area contributed by atoms with Crippen LogP contribution < -0.4 is 15.4 Å². The van der Waals surface area contributed by atoms with Crippen molar-refractivity contribution in [3.63, 3.8) is 0 Å². The standard InChI is InChI=1S/C18H18N2O5/c1-19-18(23)20-16(21)12-25-17(22)14-9-5-6-10-15(14)24-11-13-7-3-2-4-8-13/h2-10H,11-12H2,1H3,(H2,19,20,21,23). The first-order valence-corrected chi connectivity index (χ1v) is 7.54. The Morgan fingerprint density at radius 3 is 2.36 bits per heavy atom. The lowest BCUT2D eigenvalue weighted by Gasteiger charge is -2.11. The predicted molar refractivity (Wildman–Crippen MR) is 90.1 cm³/mol. The Hall–Kier alpha value is -3.35. The predicted octanol–water partition coefficient (Wildman–Crippen LogP) is 1.88. The third kappa shape index (κ3) is 5.65. The van der Waals surface area contributed by atoms with E-state index in [1.54, 1.807) is 24.3 Å². The minimum Gasteiger partial charge on any atom is -0.488 e. The van der Waals surface area contributed by atoms with E-state index in [1.165, 1.54) is 7.05 Å². The van der Waals surface area contributed by atoms with Crippen molar-refractivity contribution in [2.24, 2.45) is 0 Å². The number of imide groups is 1. The van der Waals surface area contributed by atoms with Gasteiger partial charge >= 0.3 is 12.0 Å². The van der Waals surface area contributed by atoms with Crippen molar-refractivity contribution in [3.8, 4) is 5.75 Å². The molecule has 3 amide bonds. The average Bonchev–Trinajstić information content (AvgIpc) is 2.65. The molecule has 2 N–H and O–H groups in total. The molecule has 7 heteroatoms. The fraction of sp³-hybridized carbons (Fsp3) is 0.167. The van der Waals surface area contributed by atoms with Gasteiger partial charge < -0.3 is 14.8 Å². The number of nitrogens with one attached hydrogen (secondary N) is 2. The topological polar surface area (TPSA) is 93.7 Å². The lowest BCUT2D eigenvalue weighted by molar-refractivity contribution is -0.123. The van der Waals surface area contributed by atoms with Crippen LogP contribution >= 0.6 is 0 Å². The number of carbonyl (C=O) groups excluding carboxylic acids is 3. The van der Waals surface area contributed by atoms with Crippen LogP contribution in [-0.4, -0.2) is 31.6 Å². The van der Waals surface area contributed by atoms with Crippen molar-refractivity contribution < 1.29 is 23.9 Å². The monoisotopic (exact) mass is 342 g/mol. The minimum atomic E-state index is -0.726. The molecule has 0 aromatic heterocycles. The number of para-hydroxylation sites is 1. The second-order valence-corrected chi connectivity index (χ2v) is 4.97. The molecule has 0 radical (unpaired) electrons. The van der Waals surface area contributed by atoms with Gasteiger partial charge in [0.15, 0.2) is 6.61 Å². The van der Waals surface area contributed by atoms with E-state index < -0.39 is 24.5 Å². The molecule has 2 aromatic carbocycles. The van der Waals surface area contributed by atoms with Crippen molar-refractivity contribution in [1.82, 2.24) is 10.6 Å². The average molecular weight is 342 g/mol. The van der Waals surface area contributed by atoms with Crippen LogP contribution in [0.4, 0.5) is 4.79 Å². The van der Waals surface area contributed by atoms with Gasteiger partial charge in [0.2, 0.25) is 0 Å². The smallest absolute Gasteiger partial charge is 0.342 e. The van der Waals surface area contributed by atoms with E-state index in [0.29, 0.717) is 12.4 Å². The molecule has 0 saturated carbocycles. The summed E-state index contributed by atoms with van der Waals surface area (Å²) in [6.45, 7) is -0.276. The zero-order valence-electron chi connectivity index (χ0n) is 13.7. The van der Waals surface area contributed by atoms with Crippen molar-refractivity contribution in [3.05, 3.63) is 65.7 Å². The zero-order valence-corrected chi connectivity index (χ0v) is 13.7. The molecule has 2 rings (SSSR count).